The molecule has 3 fully saturated rings. The van der Waals surface area contributed by atoms with Crippen molar-refractivity contribution in [1.29, 1.82) is 0 Å². The van der Waals surface area contributed by atoms with Crippen LogP contribution in [0.1, 0.15) is 64.7 Å². The minimum atomic E-state index is 0.334. The number of halogens is 1. The van der Waals surface area contributed by atoms with Crippen LogP contribution in [0, 0.1) is 11.8 Å². The molecule has 0 radical (unpaired) electrons. The van der Waals surface area contributed by atoms with Gasteiger partial charge in [0.2, 0.25) is 0 Å². The van der Waals surface area contributed by atoms with E-state index < -0.39 is 0 Å². The first-order valence-corrected chi connectivity index (χ1v) is 8.42. The first-order chi connectivity index (χ1) is 8.19. The highest BCUT2D eigenvalue weighted by Gasteiger charge is 2.43. The summed E-state index contributed by atoms with van der Waals surface area (Å²) >= 11 is 3.81. The van der Waals surface area contributed by atoms with Crippen molar-refractivity contribution in [3.8, 4) is 0 Å². The van der Waals surface area contributed by atoms with Crippen LogP contribution in [-0.2, 0) is 4.74 Å². The maximum atomic E-state index is 6.44. The van der Waals surface area contributed by atoms with E-state index in [2.05, 4.69) is 22.9 Å². The molecule has 0 aromatic heterocycles. The average Bonchev–Trinajstić information content (AvgIpc) is 3.00. The van der Waals surface area contributed by atoms with Crippen molar-refractivity contribution in [2.24, 2.45) is 11.8 Å². The van der Waals surface area contributed by atoms with Crippen LogP contribution in [0.15, 0.2) is 0 Å². The molecule has 2 heteroatoms. The topological polar surface area (TPSA) is 9.23 Å². The summed E-state index contributed by atoms with van der Waals surface area (Å²) in [5.41, 5.74) is 0.334. The molecule has 1 nitrogen and oxygen atoms in total. The van der Waals surface area contributed by atoms with Crippen LogP contribution in [0.4, 0.5) is 0 Å². The van der Waals surface area contributed by atoms with Crippen molar-refractivity contribution in [3.63, 3.8) is 0 Å². The Balaban J connectivity index is 1.54. The zero-order chi connectivity index (χ0) is 11.9. The summed E-state index contributed by atoms with van der Waals surface area (Å²) in [5, 5.41) is 0. The first-order valence-electron chi connectivity index (χ1n) is 7.50. The summed E-state index contributed by atoms with van der Waals surface area (Å²) in [5.74, 6) is 1.75. The van der Waals surface area contributed by atoms with E-state index in [-0.39, 0.29) is 0 Å². The predicted octanol–water partition coefficient (Wildman–Crippen LogP) is 4.68. The van der Waals surface area contributed by atoms with Gasteiger partial charge in [0, 0.05) is 4.83 Å². The van der Waals surface area contributed by atoms with Gasteiger partial charge in [-0.25, -0.2) is 0 Å². The lowest BCUT2D eigenvalue weighted by molar-refractivity contribution is -0.0455. The summed E-state index contributed by atoms with van der Waals surface area (Å²) in [6.45, 7) is 2.41. The molecule has 2 saturated carbocycles. The number of ether oxygens (including phenoxy) is 1. The molecule has 0 N–H and O–H groups in total. The molecule has 1 heterocycles. The molecule has 98 valence electrons. The Labute approximate surface area is 114 Å². The fourth-order valence-electron chi connectivity index (χ4n) is 4.31. The third-order valence-electron chi connectivity index (χ3n) is 5.55. The summed E-state index contributed by atoms with van der Waals surface area (Å²) < 4.78 is 6.44. The second kappa shape index (κ2) is 4.85. The Morgan fingerprint density at radius 2 is 1.88 bits per heavy atom. The van der Waals surface area contributed by atoms with Gasteiger partial charge >= 0.3 is 0 Å². The van der Waals surface area contributed by atoms with E-state index in [4.69, 9.17) is 4.74 Å². The van der Waals surface area contributed by atoms with E-state index in [0.717, 1.165) is 16.7 Å². The lowest BCUT2D eigenvalue weighted by Gasteiger charge is -2.26. The van der Waals surface area contributed by atoms with Crippen LogP contribution in [0.5, 0.6) is 0 Å². The molecule has 0 bridgehead atoms. The summed E-state index contributed by atoms with van der Waals surface area (Å²) in [7, 11) is 0. The van der Waals surface area contributed by atoms with Gasteiger partial charge in [0.05, 0.1) is 11.7 Å². The molecule has 1 aliphatic heterocycles. The second-order valence-corrected chi connectivity index (χ2v) is 7.79. The zero-order valence-corrected chi connectivity index (χ0v) is 12.5. The molecule has 3 rings (SSSR count). The van der Waals surface area contributed by atoms with Crippen molar-refractivity contribution in [1.82, 2.24) is 0 Å². The van der Waals surface area contributed by atoms with Gasteiger partial charge in [-0.1, -0.05) is 35.7 Å². The van der Waals surface area contributed by atoms with Crippen LogP contribution < -0.4 is 0 Å². The highest BCUT2D eigenvalue weighted by molar-refractivity contribution is 9.09. The monoisotopic (exact) mass is 300 g/mol. The quantitative estimate of drug-likeness (QED) is 0.673. The molecule has 17 heavy (non-hydrogen) atoms. The van der Waals surface area contributed by atoms with E-state index in [9.17, 15) is 0 Å². The SMILES string of the molecule is CC1C(Br)CCC1CC1CCC2(CCCC2)O1. The molecule has 1 spiro atoms. The normalized spacial score (nSPS) is 44.8. The van der Waals surface area contributed by atoms with Crippen LogP contribution in [0.3, 0.4) is 0 Å². The zero-order valence-electron chi connectivity index (χ0n) is 11.0. The standard InChI is InChI=1S/C15H25BrO/c1-11-12(4-5-14(11)16)10-13-6-9-15(17-13)7-2-3-8-15/h11-14H,2-10H2,1H3. The van der Waals surface area contributed by atoms with Crippen LogP contribution in [0.25, 0.3) is 0 Å². The van der Waals surface area contributed by atoms with Crippen LogP contribution in [0.2, 0.25) is 0 Å². The van der Waals surface area contributed by atoms with E-state index in [1.165, 1.54) is 57.8 Å². The van der Waals surface area contributed by atoms with Gasteiger partial charge < -0.3 is 4.74 Å². The number of rotatable bonds is 2. The molecule has 2 aliphatic carbocycles. The lowest BCUT2D eigenvalue weighted by Crippen LogP contribution is -2.26. The Hall–Kier alpha value is 0.440. The minimum Gasteiger partial charge on any atom is -0.372 e. The third-order valence-corrected chi connectivity index (χ3v) is 6.84. The van der Waals surface area contributed by atoms with E-state index >= 15 is 0 Å². The van der Waals surface area contributed by atoms with Gasteiger partial charge in [0.25, 0.3) is 0 Å². The van der Waals surface area contributed by atoms with Gasteiger partial charge in [0.15, 0.2) is 0 Å². The second-order valence-electron chi connectivity index (χ2n) is 6.62. The average molecular weight is 301 g/mol. The van der Waals surface area contributed by atoms with E-state index in [1.807, 2.05) is 0 Å². The summed E-state index contributed by atoms with van der Waals surface area (Å²) in [6.07, 6.45) is 12.8. The summed E-state index contributed by atoms with van der Waals surface area (Å²) in [4.78, 5) is 0.759. The van der Waals surface area contributed by atoms with Crippen molar-refractivity contribution in [2.45, 2.75) is 81.2 Å². The first kappa shape index (κ1) is 12.5. The molecular formula is C15H25BrO. The Morgan fingerprint density at radius 3 is 2.53 bits per heavy atom. The fraction of sp³-hybridized carbons (Fsp3) is 1.00. The van der Waals surface area contributed by atoms with Crippen molar-refractivity contribution in [3.05, 3.63) is 0 Å². The van der Waals surface area contributed by atoms with Crippen LogP contribution in [-0.4, -0.2) is 16.5 Å². The van der Waals surface area contributed by atoms with Crippen molar-refractivity contribution >= 4 is 15.9 Å². The molecule has 0 aromatic rings. The van der Waals surface area contributed by atoms with E-state index in [0.29, 0.717) is 11.7 Å². The molecule has 4 unspecified atom stereocenters. The molecule has 0 aromatic carbocycles. The van der Waals surface area contributed by atoms with Gasteiger partial charge in [-0.3, -0.25) is 0 Å². The van der Waals surface area contributed by atoms with Gasteiger partial charge in [0.1, 0.15) is 0 Å². The highest BCUT2D eigenvalue weighted by Crippen LogP contribution is 2.47. The number of hydrogen-bond acceptors (Lipinski definition) is 1. The fourth-order valence-corrected chi connectivity index (χ4v) is 5.01. The maximum absolute atomic E-state index is 6.44. The maximum Gasteiger partial charge on any atom is 0.0687 e. The minimum absolute atomic E-state index is 0.334. The molecule has 1 saturated heterocycles. The van der Waals surface area contributed by atoms with Crippen LogP contribution >= 0.6 is 15.9 Å². The highest BCUT2D eigenvalue weighted by atomic mass is 79.9. The van der Waals surface area contributed by atoms with Gasteiger partial charge in [-0.05, 0) is 56.8 Å². The molecular weight excluding hydrogens is 276 g/mol. The number of alkyl halides is 1. The molecule has 0 amide bonds. The van der Waals surface area contributed by atoms with Gasteiger partial charge in [-0.2, -0.15) is 0 Å². The molecule has 3 aliphatic rings. The third kappa shape index (κ3) is 2.45. The Kier molecular flexibility index (Phi) is 3.56. The Morgan fingerprint density at radius 1 is 1.12 bits per heavy atom. The van der Waals surface area contributed by atoms with Crippen molar-refractivity contribution < 1.29 is 4.74 Å². The molecule has 4 atom stereocenters. The van der Waals surface area contributed by atoms with Crippen molar-refractivity contribution in [2.75, 3.05) is 0 Å². The van der Waals surface area contributed by atoms with Gasteiger partial charge in [-0.15, -0.1) is 0 Å². The predicted molar refractivity (Wildman–Crippen MR) is 74.5 cm³/mol. The Bertz CT molecular complexity index is 272. The van der Waals surface area contributed by atoms with E-state index in [1.54, 1.807) is 0 Å². The number of hydrogen-bond donors (Lipinski definition) is 0. The summed E-state index contributed by atoms with van der Waals surface area (Å²) in [6, 6.07) is 0. The largest absolute Gasteiger partial charge is 0.372 e. The lowest BCUT2D eigenvalue weighted by atomic mass is 9.90. The smallest absolute Gasteiger partial charge is 0.0687 e.